The number of carbonyl (C=O) groups is 2. The molecule has 5 nitrogen and oxygen atoms in total. The van der Waals surface area contributed by atoms with Gasteiger partial charge in [-0.2, -0.15) is 13.2 Å². The highest BCUT2D eigenvalue weighted by atomic mass is 19.4. The van der Waals surface area contributed by atoms with Crippen LogP contribution in [0.3, 0.4) is 0 Å². The van der Waals surface area contributed by atoms with Gasteiger partial charge in [0.2, 0.25) is 5.91 Å². The van der Waals surface area contributed by atoms with Gasteiger partial charge in [0, 0.05) is 24.7 Å². The number of aliphatic carboxylic acids is 1. The lowest BCUT2D eigenvalue weighted by Crippen LogP contribution is -2.51. The van der Waals surface area contributed by atoms with Crippen LogP contribution in [0.25, 0.3) is 0 Å². The van der Waals surface area contributed by atoms with E-state index >= 15 is 0 Å². The molecule has 1 saturated carbocycles. The van der Waals surface area contributed by atoms with Crippen molar-refractivity contribution < 1.29 is 27.9 Å². The summed E-state index contributed by atoms with van der Waals surface area (Å²) in [5.41, 5.74) is -0.588. The standard InChI is InChI=1S/C15H19F3N2O3/c16-15(17,18)9-5-7-19(8-6-9)13(21)11-3-4-12(14(22)23)20(11)10-1-2-10/h5,10-12H,1-4,6-8H2,(H,22,23). The topological polar surface area (TPSA) is 60.9 Å². The molecule has 8 heteroatoms. The van der Waals surface area contributed by atoms with Crippen LogP contribution in [0.2, 0.25) is 0 Å². The number of rotatable bonds is 3. The van der Waals surface area contributed by atoms with Crippen molar-refractivity contribution in [2.75, 3.05) is 13.1 Å². The number of amides is 1. The molecule has 2 atom stereocenters. The van der Waals surface area contributed by atoms with E-state index in [1.807, 2.05) is 0 Å². The van der Waals surface area contributed by atoms with E-state index in [0.717, 1.165) is 18.9 Å². The molecule has 1 aliphatic carbocycles. The van der Waals surface area contributed by atoms with Gasteiger partial charge in [0.05, 0.1) is 6.04 Å². The van der Waals surface area contributed by atoms with Crippen molar-refractivity contribution in [3.05, 3.63) is 11.6 Å². The fourth-order valence-corrected chi connectivity index (χ4v) is 3.55. The Morgan fingerprint density at radius 3 is 2.26 bits per heavy atom. The fourth-order valence-electron chi connectivity index (χ4n) is 3.55. The zero-order valence-electron chi connectivity index (χ0n) is 12.6. The molecule has 1 amide bonds. The van der Waals surface area contributed by atoms with E-state index in [0.29, 0.717) is 12.8 Å². The van der Waals surface area contributed by atoms with Gasteiger partial charge >= 0.3 is 12.1 Å². The smallest absolute Gasteiger partial charge is 0.412 e. The van der Waals surface area contributed by atoms with Crippen molar-refractivity contribution in [2.24, 2.45) is 0 Å². The van der Waals surface area contributed by atoms with Gasteiger partial charge in [0.15, 0.2) is 0 Å². The summed E-state index contributed by atoms with van der Waals surface area (Å²) < 4.78 is 37.9. The van der Waals surface area contributed by atoms with E-state index < -0.39 is 29.8 Å². The van der Waals surface area contributed by atoms with Gasteiger partial charge in [0.1, 0.15) is 6.04 Å². The molecule has 3 rings (SSSR count). The summed E-state index contributed by atoms with van der Waals surface area (Å²) in [6.07, 6.45) is -0.840. The molecule has 0 spiro atoms. The van der Waals surface area contributed by atoms with Crippen molar-refractivity contribution in [3.8, 4) is 0 Å². The SMILES string of the molecule is O=C(O)C1CCC(C(=O)N2CC=C(C(F)(F)F)CC2)N1C1CC1. The Bertz CT molecular complexity index is 543. The maximum absolute atomic E-state index is 12.6. The van der Waals surface area contributed by atoms with E-state index in [-0.39, 0.29) is 31.5 Å². The quantitative estimate of drug-likeness (QED) is 0.801. The van der Waals surface area contributed by atoms with Crippen molar-refractivity contribution in [1.82, 2.24) is 9.80 Å². The van der Waals surface area contributed by atoms with Crippen LogP contribution < -0.4 is 0 Å². The second-order valence-electron chi connectivity index (χ2n) is 6.39. The molecule has 128 valence electrons. The summed E-state index contributed by atoms with van der Waals surface area (Å²) >= 11 is 0. The minimum Gasteiger partial charge on any atom is -0.480 e. The average molecular weight is 332 g/mol. The minimum atomic E-state index is -4.34. The fraction of sp³-hybridized carbons (Fsp3) is 0.733. The monoisotopic (exact) mass is 332 g/mol. The molecule has 0 radical (unpaired) electrons. The van der Waals surface area contributed by atoms with Crippen LogP contribution in [0.4, 0.5) is 13.2 Å². The van der Waals surface area contributed by atoms with Gasteiger partial charge in [-0.25, -0.2) is 0 Å². The molecule has 2 aliphatic heterocycles. The van der Waals surface area contributed by atoms with Gasteiger partial charge in [-0.3, -0.25) is 14.5 Å². The first-order valence-electron chi connectivity index (χ1n) is 7.84. The first kappa shape index (κ1) is 16.3. The number of carboxylic acid groups (broad SMARTS) is 1. The van der Waals surface area contributed by atoms with Crippen LogP contribution in [0.15, 0.2) is 11.6 Å². The van der Waals surface area contributed by atoms with E-state index in [9.17, 15) is 27.9 Å². The molecule has 1 saturated heterocycles. The van der Waals surface area contributed by atoms with Crippen LogP contribution in [0, 0.1) is 0 Å². The predicted octanol–water partition coefficient (Wildman–Crippen LogP) is 1.79. The Labute approximate surface area is 131 Å². The molecule has 1 N–H and O–H groups in total. The number of hydrogen-bond acceptors (Lipinski definition) is 3. The summed E-state index contributed by atoms with van der Waals surface area (Å²) in [6, 6.07) is -1.04. The van der Waals surface area contributed by atoms with Crippen LogP contribution in [0.5, 0.6) is 0 Å². The average Bonchev–Trinajstić information content (AvgIpc) is 3.23. The highest BCUT2D eigenvalue weighted by molar-refractivity contribution is 5.85. The molecular formula is C15H19F3N2O3. The Balaban J connectivity index is 1.69. The zero-order chi connectivity index (χ0) is 16.8. The van der Waals surface area contributed by atoms with Crippen LogP contribution in [-0.4, -0.2) is 64.2 Å². The Kier molecular flexibility index (Phi) is 4.12. The molecule has 3 aliphatic rings. The van der Waals surface area contributed by atoms with Gasteiger partial charge < -0.3 is 10.0 Å². The number of alkyl halides is 3. The van der Waals surface area contributed by atoms with E-state index in [1.54, 1.807) is 4.90 Å². The summed E-state index contributed by atoms with van der Waals surface area (Å²) in [4.78, 5) is 27.2. The second kappa shape index (κ2) is 5.81. The summed E-state index contributed by atoms with van der Waals surface area (Å²) in [5.74, 6) is -1.16. The number of likely N-dealkylation sites (tertiary alicyclic amines) is 1. The summed E-state index contributed by atoms with van der Waals surface area (Å²) in [6.45, 7) is -0.0165. The highest BCUT2D eigenvalue weighted by Crippen LogP contribution is 2.38. The third-order valence-corrected chi connectivity index (χ3v) is 4.86. The lowest BCUT2D eigenvalue weighted by molar-refractivity contribution is -0.145. The van der Waals surface area contributed by atoms with Crippen molar-refractivity contribution >= 4 is 11.9 Å². The number of halogens is 3. The molecule has 0 aromatic carbocycles. The Morgan fingerprint density at radius 1 is 1.13 bits per heavy atom. The molecule has 2 unspecified atom stereocenters. The normalized spacial score (nSPS) is 29.5. The molecular weight excluding hydrogens is 313 g/mol. The van der Waals surface area contributed by atoms with E-state index in [4.69, 9.17) is 0 Å². The molecule has 0 bridgehead atoms. The minimum absolute atomic E-state index is 0.0386. The first-order valence-corrected chi connectivity index (χ1v) is 7.84. The lowest BCUT2D eigenvalue weighted by atomic mass is 10.1. The Hall–Kier alpha value is -1.57. The first-order chi connectivity index (χ1) is 10.8. The van der Waals surface area contributed by atoms with Gasteiger partial charge in [0.25, 0.3) is 0 Å². The molecule has 2 fully saturated rings. The van der Waals surface area contributed by atoms with Crippen LogP contribution in [-0.2, 0) is 9.59 Å². The van der Waals surface area contributed by atoms with Gasteiger partial charge in [-0.05, 0) is 32.1 Å². The highest BCUT2D eigenvalue weighted by Gasteiger charge is 2.49. The summed E-state index contributed by atoms with van der Waals surface area (Å²) in [7, 11) is 0. The summed E-state index contributed by atoms with van der Waals surface area (Å²) in [5, 5.41) is 9.29. The second-order valence-corrected chi connectivity index (χ2v) is 6.39. The largest absolute Gasteiger partial charge is 0.480 e. The number of carbonyl (C=O) groups excluding carboxylic acids is 1. The predicted molar refractivity (Wildman–Crippen MR) is 74.6 cm³/mol. The Morgan fingerprint density at radius 2 is 1.78 bits per heavy atom. The van der Waals surface area contributed by atoms with Crippen molar-refractivity contribution in [2.45, 2.75) is 56.4 Å². The lowest BCUT2D eigenvalue weighted by Gasteiger charge is -2.33. The third kappa shape index (κ3) is 3.22. The van der Waals surface area contributed by atoms with Gasteiger partial charge in [-0.1, -0.05) is 6.08 Å². The van der Waals surface area contributed by atoms with Crippen molar-refractivity contribution in [3.63, 3.8) is 0 Å². The number of nitrogens with zero attached hydrogens (tertiary/aromatic N) is 2. The molecule has 0 aromatic rings. The van der Waals surface area contributed by atoms with Crippen LogP contribution >= 0.6 is 0 Å². The zero-order valence-corrected chi connectivity index (χ0v) is 12.6. The molecule has 2 heterocycles. The van der Waals surface area contributed by atoms with Crippen LogP contribution in [0.1, 0.15) is 32.1 Å². The van der Waals surface area contributed by atoms with E-state index in [1.165, 1.54) is 4.90 Å². The number of hydrogen-bond donors (Lipinski definition) is 1. The van der Waals surface area contributed by atoms with Gasteiger partial charge in [-0.15, -0.1) is 0 Å². The maximum Gasteiger partial charge on any atom is 0.412 e. The third-order valence-electron chi connectivity index (χ3n) is 4.86. The molecule has 23 heavy (non-hydrogen) atoms. The van der Waals surface area contributed by atoms with E-state index in [2.05, 4.69) is 0 Å². The van der Waals surface area contributed by atoms with Crippen molar-refractivity contribution in [1.29, 1.82) is 0 Å². The number of carboxylic acids is 1. The maximum atomic E-state index is 12.6. The molecule has 0 aromatic heterocycles.